The molecule has 0 aromatic carbocycles. The molecule has 1 unspecified atom stereocenters. The topological polar surface area (TPSA) is 38.5 Å². The first kappa shape index (κ1) is 7.53. The van der Waals surface area contributed by atoms with Gasteiger partial charge in [0, 0.05) is 11.6 Å². The number of likely N-dealkylation sites (N-methyl/N-ethyl adjacent to an activating group) is 1. The predicted octanol–water partition coefficient (Wildman–Crippen LogP) is 0.359. The monoisotopic (exact) mass is 156 g/mol. The van der Waals surface area contributed by atoms with Gasteiger partial charge in [0.05, 0.1) is 6.61 Å². The highest BCUT2D eigenvalue weighted by atomic mass is 16.6. The van der Waals surface area contributed by atoms with Crippen LogP contribution in [0.3, 0.4) is 0 Å². The van der Waals surface area contributed by atoms with Crippen LogP contribution in [-0.2, 0) is 4.84 Å². The first-order valence-corrected chi connectivity index (χ1v) is 4.22. The van der Waals surface area contributed by atoms with Crippen molar-refractivity contribution >= 4 is 0 Å². The second kappa shape index (κ2) is 2.19. The fourth-order valence-electron chi connectivity index (χ4n) is 2.69. The molecule has 11 heavy (non-hydrogen) atoms. The van der Waals surface area contributed by atoms with Gasteiger partial charge in [-0.2, -0.15) is 0 Å². The van der Waals surface area contributed by atoms with E-state index in [9.17, 15) is 0 Å². The normalized spacial score (nSPS) is 49.4. The van der Waals surface area contributed by atoms with Gasteiger partial charge in [-0.05, 0) is 32.7 Å². The molecule has 0 aromatic rings. The molecular weight excluding hydrogens is 140 g/mol. The first-order valence-electron chi connectivity index (χ1n) is 4.22. The second-order valence-corrected chi connectivity index (χ2v) is 4.18. The molecule has 0 radical (unpaired) electrons. The van der Waals surface area contributed by atoms with Crippen LogP contribution in [0.25, 0.3) is 0 Å². The highest BCUT2D eigenvalue weighted by Gasteiger charge is 2.56. The van der Waals surface area contributed by atoms with Crippen LogP contribution in [0, 0.1) is 5.92 Å². The van der Waals surface area contributed by atoms with E-state index in [1.165, 1.54) is 12.8 Å². The number of nitrogens with two attached hydrogens (primary N) is 1. The van der Waals surface area contributed by atoms with Gasteiger partial charge in [0.1, 0.15) is 0 Å². The molecule has 2 N–H and O–H groups in total. The number of hydrogen-bond donors (Lipinski definition) is 1. The lowest BCUT2D eigenvalue weighted by molar-refractivity contribution is 0.0764. The Hall–Kier alpha value is -0.120. The average molecular weight is 156 g/mol. The van der Waals surface area contributed by atoms with E-state index in [4.69, 9.17) is 10.7 Å². The molecule has 2 aliphatic heterocycles. The quantitative estimate of drug-likeness (QED) is 0.587. The predicted molar refractivity (Wildman–Crippen MR) is 42.8 cm³/mol. The van der Waals surface area contributed by atoms with Crippen LogP contribution in [0.1, 0.15) is 19.8 Å². The van der Waals surface area contributed by atoms with Crippen LogP contribution < -0.4 is 5.90 Å². The molecule has 0 spiro atoms. The molecule has 1 aliphatic carbocycles. The zero-order valence-corrected chi connectivity index (χ0v) is 7.21. The van der Waals surface area contributed by atoms with Gasteiger partial charge in [-0.25, -0.2) is 5.90 Å². The van der Waals surface area contributed by atoms with E-state index in [0.717, 1.165) is 5.92 Å². The maximum Gasteiger partial charge on any atom is 0.0837 e. The summed E-state index contributed by atoms with van der Waals surface area (Å²) in [5.74, 6) is 5.91. The Balaban J connectivity index is 2.04. The minimum atomic E-state index is 0.466. The standard InChI is InChI=1S/C8H16N2O/c1-8-3-6(4-8)7(5-11-9)10(8)2/h6-7H,3-5,9H2,1-2H3. The molecule has 0 amide bonds. The van der Waals surface area contributed by atoms with Crippen LogP contribution in [0.5, 0.6) is 0 Å². The van der Waals surface area contributed by atoms with Gasteiger partial charge in [0.2, 0.25) is 0 Å². The highest BCUT2D eigenvalue weighted by molar-refractivity contribution is 5.11. The fourth-order valence-corrected chi connectivity index (χ4v) is 2.69. The highest BCUT2D eigenvalue weighted by Crippen LogP contribution is 2.53. The minimum absolute atomic E-state index is 0.466. The summed E-state index contributed by atoms with van der Waals surface area (Å²) in [7, 11) is 2.18. The third-order valence-electron chi connectivity index (χ3n) is 3.56. The Labute approximate surface area is 67.4 Å². The molecular formula is C8H16N2O. The Morgan fingerprint density at radius 3 is 2.64 bits per heavy atom. The van der Waals surface area contributed by atoms with Crippen LogP contribution in [0.2, 0.25) is 0 Å². The van der Waals surface area contributed by atoms with E-state index in [1.54, 1.807) is 0 Å². The molecule has 2 bridgehead atoms. The Bertz CT molecular complexity index is 165. The van der Waals surface area contributed by atoms with Crippen LogP contribution in [0.4, 0.5) is 0 Å². The zero-order chi connectivity index (χ0) is 8.06. The molecule has 3 rings (SSSR count). The van der Waals surface area contributed by atoms with Crippen molar-refractivity contribution in [1.82, 2.24) is 4.90 Å². The third-order valence-corrected chi connectivity index (χ3v) is 3.56. The summed E-state index contributed by atoms with van der Waals surface area (Å²) >= 11 is 0. The molecule has 3 heteroatoms. The van der Waals surface area contributed by atoms with Crippen molar-refractivity contribution in [3.63, 3.8) is 0 Å². The van der Waals surface area contributed by atoms with E-state index >= 15 is 0 Å². The van der Waals surface area contributed by atoms with E-state index in [-0.39, 0.29) is 0 Å². The smallest absolute Gasteiger partial charge is 0.0837 e. The van der Waals surface area contributed by atoms with Gasteiger partial charge in [-0.1, -0.05) is 0 Å². The summed E-state index contributed by atoms with van der Waals surface area (Å²) < 4.78 is 0. The number of fused-ring (bicyclic) bond motifs is 1. The van der Waals surface area contributed by atoms with Gasteiger partial charge in [-0.15, -0.1) is 0 Å². The van der Waals surface area contributed by atoms with Crippen molar-refractivity contribution in [3.05, 3.63) is 0 Å². The zero-order valence-electron chi connectivity index (χ0n) is 7.21. The molecule has 3 nitrogen and oxygen atoms in total. The van der Waals surface area contributed by atoms with E-state index < -0.39 is 0 Å². The Kier molecular flexibility index (Phi) is 1.50. The van der Waals surface area contributed by atoms with Gasteiger partial charge < -0.3 is 4.84 Å². The molecule has 1 saturated carbocycles. The maximum absolute atomic E-state index is 5.07. The molecule has 2 heterocycles. The summed E-state index contributed by atoms with van der Waals surface area (Å²) in [5, 5.41) is 0. The van der Waals surface area contributed by atoms with Crippen molar-refractivity contribution in [1.29, 1.82) is 0 Å². The van der Waals surface area contributed by atoms with E-state index in [1.807, 2.05) is 0 Å². The van der Waals surface area contributed by atoms with Gasteiger partial charge >= 0.3 is 0 Å². The summed E-state index contributed by atoms with van der Waals surface area (Å²) in [4.78, 5) is 7.12. The van der Waals surface area contributed by atoms with Crippen molar-refractivity contribution in [2.45, 2.75) is 31.3 Å². The SMILES string of the molecule is CN1C(CON)C2CC1(C)C2. The third kappa shape index (κ3) is 0.849. The van der Waals surface area contributed by atoms with Crippen molar-refractivity contribution in [2.75, 3.05) is 13.7 Å². The lowest BCUT2D eigenvalue weighted by Crippen LogP contribution is -2.41. The molecule has 2 saturated heterocycles. The molecule has 3 fully saturated rings. The summed E-state index contributed by atoms with van der Waals surface area (Å²) in [6.07, 6.45) is 2.66. The van der Waals surface area contributed by atoms with Gasteiger partial charge in [-0.3, -0.25) is 4.90 Å². The van der Waals surface area contributed by atoms with Crippen LogP contribution >= 0.6 is 0 Å². The number of rotatable bonds is 2. The molecule has 64 valence electrons. The lowest BCUT2D eigenvalue weighted by Gasteiger charge is -2.37. The summed E-state index contributed by atoms with van der Waals surface area (Å²) in [5.41, 5.74) is 0.466. The maximum atomic E-state index is 5.07. The van der Waals surface area contributed by atoms with E-state index in [2.05, 4.69) is 18.9 Å². The number of hydrogen-bond acceptors (Lipinski definition) is 3. The molecule has 3 aliphatic rings. The van der Waals surface area contributed by atoms with Crippen LogP contribution in [-0.4, -0.2) is 30.1 Å². The summed E-state index contributed by atoms with van der Waals surface area (Å²) in [6, 6.07) is 0.574. The lowest BCUT2D eigenvalue weighted by atomic mass is 9.73. The summed E-state index contributed by atoms with van der Waals surface area (Å²) in [6.45, 7) is 3.01. The Morgan fingerprint density at radius 2 is 2.27 bits per heavy atom. The van der Waals surface area contributed by atoms with Crippen molar-refractivity contribution < 1.29 is 4.84 Å². The van der Waals surface area contributed by atoms with E-state index in [0.29, 0.717) is 18.2 Å². The largest absolute Gasteiger partial charge is 0.303 e. The van der Waals surface area contributed by atoms with Gasteiger partial charge in [0.15, 0.2) is 0 Å². The van der Waals surface area contributed by atoms with Crippen LogP contribution in [0.15, 0.2) is 0 Å². The van der Waals surface area contributed by atoms with Gasteiger partial charge in [0.25, 0.3) is 0 Å². The molecule has 1 atom stereocenters. The van der Waals surface area contributed by atoms with Crippen molar-refractivity contribution in [2.24, 2.45) is 11.8 Å². The Morgan fingerprint density at radius 1 is 1.64 bits per heavy atom. The first-order chi connectivity index (χ1) is 5.17. The minimum Gasteiger partial charge on any atom is -0.303 e. The molecule has 0 aromatic heterocycles. The number of nitrogens with zero attached hydrogens (tertiary/aromatic N) is 1. The second-order valence-electron chi connectivity index (χ2n) is 4.18. The fraction of sp³-hybridized carbons (Fsp3) is 1.00. The van der Waals surface area contributed by atoms with Crippen molar-refractivity contribution in [3.8, 4) is 0 Å². The average Bonchev–Trinajstić information content (AvgIpc) is 2.23.